The van der Waals surface area contributed by atoms with Crippen molar-refractivity contribution >= 4 is 0 Å². The zero-order chi connectivity index (χ0) is 10.4. The van der Waals surface area contributed by atoms with E-state index in [1.54, 1.807) is 0 Å². The number of nitrogens with zero attached hydrogens (tertiary/aromatic N) is 1. The van der Waals surface area contributed by atoms with Gasteiger partial charge in [-0.1, -0.05) is 19.8 Å². The first kappa shape index (κ1) is 12.0. The third kappa shape index (κ3) is 3.25. The Morgan fingerprint density at radius 3 is 2.86 bits per heavy atom. The van der Waals surface area contributed by atoms with E-state index in [0.717, 1.165) is 18.6 Å². The molecular weight excluding hydrogens is 172 g/mol. The Hall–Kier alpha value is -0.0800. The Labute approximate surface area is 88.8 Å². The van der Waals surface area contributed by atoms with E-state index < -0.39 is 0 Å². The molecule has 84 valence electrons. The highest BCUT2D eigenvalue weighted by Gasteiger charge is 2.24. The van der Waals surface area contributed by atoms with Crippen LogP contribution in [0, 0.1) is 0 Å². The predicted octanol–water partition coefficient (Wildman–Crippen LogP) is 2.38. The van der Waals surface area contributed by atoms with Gasteiger partial charge in [0.05, 0.1) is 0 Å². The smallest absolute Gasteiger partial charge is 0.0110 e. The van der Waals surface area contributed by atoms with Crippen molar-refractivity contribution in [1.29, 1.82) is 0 Å². The Morgan fingerprint density at radius 1 is 1.43 bits per heavy atom. The van der Waals surface area contributed by atoms with Gasteiger partial charge in [0.1, 0.15) is 0 Å². The van der Waals surface area contributed by atoms with E-state index in [9.17, 15) is 0 Å². The summed E-state index contributed by atoms with van der Waals surface area (Å²) in [7, 11) is 0. The standard InChI is InChI=1S/C12H26N2/c1-3-6-11(2)14-10-5-4-7-12(14)8-9-13/h11-12H,3-10,13H2,1-2H3. The third-order valence-electron chi connectivity index (χ3n) is 3.45. The molecular formula is C12H26N2. The zero-order valence-electron chi connectivity index (χ0n) is 9.84. The number of hydrogen-bond acceptors (Lipinski definition) is 2. The second kappa shape index (κ2) is 6.41. The van der Waals surface area contributed by atoms with Crippen LogP contribution in [0.5, 0.6) is 0 Å². The van der Waals surface area contributed by atoms with Crippen molar-refractivity contribution in [2.75, 3.05) is 13.1 Å². The third-order valence-corrected chi connectivity index (χ3v) is 3.45. The quantitative estimate of drug-likeness (QED) is 0.735. The average molecular weight is 198 g/mol. The van der Waals surface area contributed by atoms with Crippen LogP contribution in [0.1, 0.15) is 52.4 Å². The van der Waals surface area contributed by atoms with E-state index in [1.807, 2.05) is 0 Å². The lowest BCUT2D eigenvalue weighted by atomic mass is 9.96. The summed E-state index contributed by atoms with van der Waals surface area (Å²) in [5.74, 6) is 0. The van der Waals surface area contributed by atoms with Gasteiger partial charge in [-0.15, -0.1) is 0 Å². The second-order valence-corrected chi connectivity index (χ2v) is 4.60. The van der Waals surface area contributed by atoms with E-state index in [0.29, 0.717) is 0 Å². The molecule has 0 spiro atoms. The van der Waals surface area contributed by atoms with Crippen molar-refractivity contribution in [3.8, 4) is 0 Å². The molecule has 2 N–H and O–H groups in total. The SMILES string of the molecule is CCCC(C)N1CCCCC1CCN. The average Bonchev–Trinajstić information content (AvgIpc) is 2.19. The summed E-state index contributed by atoms with van der Waals surface area (Å²) in [6.07, 6.45) is 7.97. The van der Waals surface area contributed by atoms with Gasteiger partial charge in [0, 0.05) is 12.1 Å². The Bertz CT molecular complexity index is 145. The lowest BCUT2D eigenvalue weighted by Crippen LogP contribution is -2.45. The molecule has 0 saturated carbocycles. The van der Waals surface area contributed by atoms with Crippen LogP contribution in [0.25, 0.3) is 0 Å². The molecule has 1 heterocycles. The Balaban J connectivity index is 2.44. The topological polar surface area (TPSA) is 29.3 Å². The highest BCUT2D eigenvalue weighted by atomic mass is 15.2. The zero-order valence-corrected chi connectivity index (χ0v) is 9.84. The molecule has 0 radical (unpaired) electrons. The van der Waals surface area contributed by atoms with Crippen LogP contribution < -0.4 is 5.73 Å². The monoisotopic (exact) mass is 198 g/mol. The maximum absolute atomic E-state index is 5.67. The molecule has 0 bridgehead atoms. The van der Waals surface area contributed by atoms with Gasteiger partial charge >= 0.3 is 0 Å². The van der Waals surface area contributed by atoms with Crippen LogP contribution in [0.2, 0.25) is 0 Å². The summed E-state index contributed by atoms with van der Waals surface area (Å²) in [5, 5.41) is 0. The molecule has 14 heavy (non-hydrogen) atoms. The molecule has 2 unspecified atom stereocenters. The molecule has 2 nitrogen and oxygen atoms in total. The van der Waals surface area contributed by atoms with E-state index in [4.69, 9.17) is 5.73 Å². The fraction of sp³-hybridized carbons (Fsp3) is 1.00. The number of hydrogen-bond donors (Lipinski definition) is 1. The summed E-state index contributed by atoms with van der Waals surface area (Å²) < 4.78 is 0. The Kier molecular flexibility index (Phi) is 5.49. The molecule has 1 aliphatic heterocycles. The highest BCUT2D eigenvalue weighted by molar-refractivity contribution is 4.80. The highest BCUT2D eigenvalue weighted by Crippen LogP contribution is 2.23. The lowest BCUT2D eigenvalue weighted by Gasteiger charge is -2.40. The first-order valence-electron chi connectivity index (χ1n) is 6.25. The lowest BCUT2D eigenvalue weighted by molar-refractivity contribution is 0.0935. The van der Waals surface area contributed by atoms with Crippen LogP contribution in [0.4, 0.5) is 0 Å². The van der Waals surface area contributed by atoms with Gasteiger partial charge in [-0.3, -0.25) is 4.90 Å². The van der Waals surface area contributed by atoms with Gasteiger partial charge in [0.2, 0.25) is 0 Å². The van der Waals surface area contributed by atoms with Crippen LogP contribution in [-0.4, -0.2) is 30.1 Å². The van der Waals surface area contributed by atoms with Gasteiger partial charge in [0.25, 0.3) is 0 Å². The molecule has 2 heteroatoms. The molecule has 1 saturated heterocycles. The maximum atomic E-state index is 5.67. The molecule has 0 aromatic rings. The molecule has 0 aromatic carbocycles. The Morgan fingerprint density at radius 2 is 2.21 bits per heavy atom. The van der Waals surface area contributed by atoms with Crippen LogP contribution in [0.15, 0.2) is 0 Å². The molecule has 0 aromatic heterocycles. The fourth-order valence-corrected chi connectivity index (χ4v) is 2.69. The van der Waals surface area contributed by atoms with Crippen LogP contribution >= 0.6 is 0 Å². The van der Waals surface area contributed by atoms with Crippen molar-refractivity contribution in [2.24, 2.45) is 5.73 Å². The van der Waals surface area contributed by atoms with Crippen molar-refractivity contribution in [3.63, 3.8) is 0 Å². The molecule has 1 aliphatic rings. The van der Waals surface area contributed by atoms with Crippen LogP contribution in [0.3, 0.4) is 0 Å². The first-order valence-corrected chi connectivity index (χ1v) is 6.25. The van der Waals surface area contributed by atoms with Crippen molar-refractivity contribution in [1.82, 2.24) is 4.90 Å². The molecule has 2 atom stereocenters. The summed E-state index contributed by atoms with van der Waals surface area (Å²) in [6, 6.07) is 1.53. The molecule has 0 amide bonds. The minimum absolute atomic E-state index is 0.761. The van der Waals surface area contributed by atoms with Gasteiger partial charge in [-0.25, -0.2) is 0 Å². The first-order chi connectivity index (χ1) is 6.79. The van der Waals surface area contributed by atoms with Crippen LogP contribution in [-0.2, 0) is 0 Å². The predicted molar refractivity (Wildman–Crippen MR) is 62.4 cm³/mol. The summed E-state index contributed by atoms with van der Waals surface area (Å²) >= 11 is 0. The fourth-order valence-electron chi connectivity index (χ4n) is 2.69. The summed E-state index contributed by atoms with van der Waals surface area (Å²) in [6.45, 7) is 6.79. The van der Waals surface area contributed by atoms with Gasteiger partial charge < -0.3 is 5.73 Å². The number of nitrogens with two attached hydrogens (primary N) is 1. The molecule has 1 rings (SSSR count). The van der Waals surface area contributed by atoms with Gasteiger partial charge in [0.15, 0.2) is 0 Å². The summed E-state index contributed by atoms with van der Waals surface area (Å²) in [5.41, 5.74) is 5.67. The van der Waals surface area contributed by atoms with Crippen molar-refractivity contribution in [3.05, 3.63) is 0 Å². The normalized spacial score (nSPS) is 26.4. The summed E-state index contributed by atoms with van der Waals surface area (Å²) in [4.78, 5) is 2.69. The van der Waals surface area contributed by atoms with Gasteiger partial charge in [-0.05, 0) is 45.7 Å². The minimum Gasteiger partial charge on any atom is -0.330 e. The van der Waals surface area contributed by atoms with Crippen molar-refractivity contribution in [2.45, 2.75) is 64.5 Å². The molecule has 0 aliphatic carbocycles. The van der Waals surface area contributed by atoms with Gasteiger partial charge in [-0.2, -0.15) is 0 Å². The van der Waals surface area contributed by atoms with E-state index >= 15 is 0 Å². The number of piperidine rings is 1. The second-order valence-electron chi connectivity index (χ2n) is 4.60. The number of rotatable bonds is 5. The minimum atomic E-state index is 0.761. The van der Waals surface area contributed by atoms with E-state index in [-0.39, 0.29) is 0 Å². The maximum Gasteiger partial charge on any atom is 0.0110 e. The van der Waals surface area contributed by atoms with Crippen molar-refractivity contribution < 1.29 is 0 Å². The largest absolute Gasteiger partial charge is 0.330 e. The molecule has 1 fully saturated rings. The van der Waals surface area contributed by atoms with E-state index in [1.165, 1.54) is 45.1 Å². The number of likely N-dealkylation sites (tertiary alicyclic amines) is 1. The van der Waals surface area contributed by atoms with E-state index in [2.05, 4.69) is 18.7 Å².